The van der Waals surface area contributed by atoms with Crippen molar-refractivity contribution < 1.29 is 0 Å². The fourth-order valence-corrected chi connectivity index (χ4v) is 4.71. The predicted octanol–water partition coefficient (Wildman–Crippen LogP) is 4.89. The van der Waals surface area contributed by atoms with Crippen molar-refractivity contribution in [2.45, 2.75) is 58.8 Å². The predicted molar refractivity (Wildman–Crippen MR) is 139 cm³/mol. The summed E-state index contributed by atoms with van der Waals surface area (Å²) >= 11 is 0. The highest BCUT2D eigenvalue weighted by Gasteiger charge is 2.27. The van der Waals surface area contributed by atoms with Crippen molar-refractivity contribution in [2.24, 2.45) is 5.92 Å². The molecule has 0 saturated heterocycles. The minimum atomic E-state index is 0.326. The number of benzene rings is 1. The fourth-order valence-electron chi connectivity index (χ4n) is 4.71. The van der Waals surface area contributed by atoms with Crippen molar-refractivity contribution in [1.82, 2.24) is 25.5 Å². The van der Waals surface area contributed by atoms with Crippen LogP contribution in [0.5, 0.6) is 0 Å². The van der Waals surface area contributed by atoms with Crippen LogP contribution in [0, 0.1) is 5.92 Å². The molecule has 1 unspecified atom stereocenters. The van der Waals surface area contributed by atoms with Crippen molar-refractivity contribution in [3.8, 4) is 0 Å². The Labute approximate surface area is 205 Å². The molecule has 2 aromatic heterocycles. The Morgan fingerprint density at radius 2 is 1.68 bits per heavy atom. The van der Waals surface area contributed by atoms with Crippen LogP contribution in [0.25, 0.3) is 0 Å². The number of nitrogens with zero attached hydrogens (tertiary/aromatic N) is 3. The van der Waals surface area contributed by atoms with Crippen LogP contribution in [-0.2, 0) is 26.1 Å². The molecule has 5 heteroatoms. The van der Waals surface area contributed by atoms with Crippen LogP contribution in [0.1, 0.15) is 60.8 Å². The average molecular weight is 458 g/mol. The summed E-state index contributed by atoms with van der Waals surface area (Å²) in [5, 5.41) is 7.02. The number of aryl methyl sites for hydroxylation is 1. The van der Waals surface area contributed by atoms with Gasteiger partial charge in [-0.3, -0.25) is 14.9 Å². The molecule has 3 aromatic rings. The molecule has 0 amide bonds. The van der Waals surface area contributed by atoms with E-state index in [9.17, 15) is 0 Å². The molecule has 1 aliphatic carbocycles. The molecular formula is C29H39N5. The highest BCUT2D eigenvalue weighted by atomic mass is 15.2. The van der Waals surface area contributed by atoms with Crippen molar-refractivity contribution in [3.05, 3.63) is 95.1 Å². The van der Waals surface area contributed by atoms with Crippen LogP contribution in [0.3, 0.4) is 0 Å². The third kappa shape index (κ3) is 7.20. The first-order valence-corrected chi connectivity index (χ1v) is 12.8. The molecular weight excluding hydrogens is 418 g/mol. The first kappa shape index (κ1) is 24.5. The number of pyridine rings is 2. The molecule has 1 aromatic carbocycles. The number of rotatable bonds is 12. The van der Waals surface area contributed by atoms with E-state index in [1.165, 1.54) is 28.8 Å². The maximum atomic E-state index is 4.81. The Morgan fingerprint density at radius 1 is 0.882 bits per heavy atom. The van der Waals surface area contributed by atoms with E-state index in [2.05, 4.69) is 82.9 Å². The molecule has 0 radical (unpaired) electrons. The van der Waals surface area contributed by atoms with Crippen molar-refractivity contribution in [1.29, 1.82) is 0 Å². The average Bonchev–Trinajstić information content (AvgIpc) is 2.87. The summed E-state index contributed by atoms with van der Waals surface area (Å²) in [5.74, 6) is 0.697. The molecule has 0 fully saturated rings. The second kappa shape index (κ2) is 12.7. The van der Waals surface area contributed by atoms with Crippen molar-refractivity contribution >= 4 is 0 Å². The summed E-state index contributed by atoms with van der Waals surface area (Å²) in [5.41, 5.74) is 6.41. The maximum absolute atomic E-state index is 4.81. The number of nitrogens with one attached hydrogen (secondary N) is 2. The standard InChI is InChI=1S/C29H39N5/c1-23(2)19-30-17-18-31-20-24-11-13-25(14-12-24)21-34(22-27-9-3-4-15-32-27)28-10-5-7-26-8-6-16-33-29(26)28/h3-4,6,8-9,11-16,23,28,30-31H,5,7,10,17-22H2,1-2H3. The van der Waals surface area contributed by atoms with Gasteiger partial charge in [0.1, 0.15) is 0 Å². The second-order valence-electron chi connectivity index (χ2n) is 9.77. The van der Waals surface area contributed by atoms with Crippen molar-refractivity contribution in [2.75, 3.05) is 19.6 Å². The Hall–Kier alpha value is -2.60. The lowest BCUT2D eigenvalue weighted by Crippen LogP contribution is -2.31. The van der Waals surface area contributed by atoms with Gasteiger partial charge in [-0.15, -0.1) is 0 Å². The SMILES string of the molecule is CC(C)CNCCNCc1ccc(CN(Cc2ccccn2)C2CCCc3cccnc32)cc1. The van der Waals surface area contributed by atoms with E-state index >= 15 is 0 Å². The number of fused-ring (bicyclic) bond motifs is 1. The van der Waals surface area contributed by atoms with Gasteiger partial charge in [0.2, 0.25) is 0 Å². The van der Waals surface area contributed by atoms with Crippen LogP contribution in [-0.4, -0.2) is 34.5 Å². The summed E-state index contributed by atoms with van der Waals surface area (Å²) in [7, 11) is 0. The summed E-state index contributed by atoms with van der Waals surface area (Å²) in [6, 6.07) is 19.9. The monoisotopic (exact) mass is 457 g/mol. The van der Waals surface area contributed by atoms with E-state index < -0.39 is 0 Å². The van der Waals surface area contributed by atoms with Crippen LogP contribution in [0.4, 0.5) is 0 Å². The van der Waals surface area contributed by atoms with E-state index in [0.717, 1.165) is 57.8 Å². The minimum absolute atomic E-state index is 0.326. The summed E-state index contributed by atoms with van der Waals surface area (Å²) in [4.78, 5) is 12.0. The van der Waals surface area contributed by atoms with Crippen LogP contribution in [0.2, 0.25) is 0 Å². The zero-order chi connectivity index (χ0) is 23.6. The number of hydrogen-bond acceptors (Lipinski definition) is 5. The molecule has 4 rings (SSSR count). The van der Waals surface area contributed by atoms with E-state index in [4.69, 9.17) is 4.98 Å². The summed E-state index contributed by atoms with van der Waals surface area (Å²) in [6.07, 6.45) is 7.31. The number of hydrogen-bond donors (Lipinski definition) is 2. The summed E-state index contributed by atoms with van der Waals surface area (Å²) < 4.78 is 0. The largest absolute Gasteiger partial charge is 0.315 e. The van der Waals surface area contributed by atoms with Gasteiger partial charge in [-0.2, -0.15) is 0 Å². The Morgan fingerprint density at radius 3 is 2.47 bits per heavy atom. The van der Waals surface area contributed by atoms with Gasteiger partial charge in [0.25, 0.3) is 0 Å². The normalized spacial score (nSPS) is 15.6. The molecule has 34 heavy (non-hydrogen) atoms. The van der Waals surface area contributed by atoms with Gasteiger partial charge >= 0.3 is 0 Å². The molecule has 0 saturated carbocycles. The highest BCUT2D eigenvalue weighted by Crippen LogP contribution is 2.34. The first-order chi connectivity index (χ1) is 16.7. The van der Waals surface area contributed by atoms with Gasteiger partial charge in [0, 0.05) is 45.1 Å². The van der Waals surface area contributed by atoms with Gasteiger partial charge in [0.05, 0.1) is 17.4 Å². The molecule has 0 spiro atoms. The van der Waals surface area contributed by atoms with E-state index in [0.29, 0.717) is 12.0 Å². The van der Waals surface area contributed by atoms with Gasteiger partial charge in [-0.1, -0.05) is 50.2 Å². The molecule has 0 aliphatic heterocycles. The fraction of sp³-hybridized carbons (Fsp3) is 0.448. The van der Waals surface area contributed by atoms with E-state index in [1.807, 2.05) is 18.5 Å². The molecule has 2 heterocycles. The molecule has 180 valence electrons. The molecule has 2 N–H and O–H groups in total. The quantitative estimate of drug-likeness (QED) is 0.379. The maximum Gasteiger partial charge on any atom is 0.0607 e. The number of aromatic nitrogens is 2. The third-order valence-corrected chi connectivity index (χ3v) is 6.47. The zero-order valence-corrected chi connectivity index (χ0v) is 20.7. The third-order valence-electron chi connectivity index (χ3n) is 6.47. The molecule has 1 atom stereocenters. The van der Waals surface area contributed by atoms with Crippen molar-refractivity contribution in [3.63, 3.8) is 0 Å². The van der Waals surface area contributed by atoms with Crippen LogP contribution < -0.4 is 10.6 Å². The lowest BCUT2D eigenvalue weighted by molar-refractivity contribution is 0.155. The lowest BCUT2D eigenvalue weighted by atomic mass is 9.90. The second-order valence-corrected chi connectivity index (χ2v) is 9.77. The topological polar surface area (TPSA) is 53.1 Å². The Balaban J connectivity index is 1.40. The van der Waals surface area contributed by atoms with Crippen LogP contribution >= 0.6 is 0 Å². The first-order valence-electron chi connectivity index (χ1n) is 12.8. The molecule has 1 aliphatic rings. The minimum Gasteiger partial charge on any atom is -0.315 e. The Bertz CT molecular complexity index is 987. The zero-order valence-electron chi connectivity index (χ0n) is 20.7. The van der Waals surface area contributed by atoms with Gasteiger partial charge < -0.3 is 10.6 Å². The highest BCUT2D eigenvalue weighted by molar-refractivity contribution is 5.27. The molecule has 5 nitrogen and oxygen atoms in total. The van der Waals surface area contributed by atoms with Gasteiger partial charge in [0.15, 0.2) is 0 Å². The van der Waals surface area contributed by atoms with Crippen LogP contribution in [0.15, 0.2) is 67.0 Å². The van der Waals surface area contributed by atoms with E-state index in [1.54, 1.807) is 0 Å². The Kier molecular flexibility index (Phi) is 9.19. The molecule has 0 bridgehead atoms. The van der Waals surface area contributed by atoms with E-state index in [-0.39, 0.29) is 0 Å². The van der Waals surface area contributed by atoms with Gasteiger partial charge in [-0.25, -0.2) is 0 Å². The smallest absolute Gasteiger partial charge is 0.0607 e. The summed E-state index contributed by atoms with van der Waals surface area (Å²) in [6.45, 7) is 10.2. The van der Waals surface area contributed by atoms with Gasteiger partial charge in [-0.05, 0) is 66.6 Å². The lowest BCUT2D eigenvalue weighted by Gasteiger charge is -2.35.